The fourth-order valence-corrected chi connectivity index (χ4v) is 3.87. The highest BCUT2D eigenvalue weighted by molar-refractivity contribution is 5.76. The molecule has 0 aliphatic heterocycles. The van der Waals surface area contributed by atoms with E-state index < -0.39 is 0 Å². The van der Waals surface area contributed by atoms with Crippen LogP contribution in [-0.2, 0) is 17.4 Å². The van der Waals surface area contributed by atoms with E-state index in [9.17, 15) is 0 Å². The normalized spacial score (nSPS) is 12.2. The predicted molar refractivity (Wildman–Crippen MR) is 123 cm³/mol. The molecule has 0 heterocycles. The van der Waals surface area contributed by atoms with Gasteiger partial charge in [0.15, 0.2) is 0 Å². The first-order valence-corrected chi connectivity index (χ1v) is 10.1. The Kier molecular flexibility index (Phi) is 5.50. The summed E-state index contributed by atoms with van der Waals surface area (Å²) >= 11 is 0. The van der Waals surface area contributed by atoms with Crippen molar-refractivity contribution in [3.63, 3.8) is 0 Å². The first-order valence-electron chi connectivity index (χ1n) is 10.1. The molecule has 146 valence electrons. The third kappa shape index (κ3) is 4.20. The Balaban J connectivity index is 2.24. The van der Waals surface area contributed by atoms with Crippen molar-refractivity contribution in [1.29, 1.82) is 0 Å². The zero-order valence-corrected chi connectivity index (χ0v) is 18.1. The molecule has 0 atom stereocenters. The smallest absolute Gasteiger partial charge is 0.0181 e. The van der Waals surface area contributed by atoms with E-state index in [0.29, 0.717) is 6.54 Å². The first kappa shape index (κ1) is 20.4. The standard InChI is InChI=1S/C27H33N/c1-26(2,3)24-17-25(27(4,5)6)23(16-22(24)18-28)21-14-10-13-20(15-21)19-11-8-7-9-12-19/h7-17H,18,28H2,1-6H3. The van der Waals surface area contributed by atoms with Gasteiger partial charge in [0.2, 0.25) is 0 Å². The minimum Gasteiger partial charge on any atom is -0.326 e. The highest BCUT2D eigenvalue weighted by Gasteiger charge is 2.25. The van der Waals surface area contributed by atoms with E-state index in [2.05, 4.69) is 108 Å². The largest absolute Gasteiger partial charge is 0.326 e. The van der Waals surface area contributed by atoms with Crippen LogP contribution in [0.1, 0.15) is 58.2 Å². The molecule has 0 aromatic heterocycles. The molecule has 28 heavy (non-hydrogen) atoms. The summed E-state index contributed by atoms with van der Waals surface area (Å²) in [5.74, 6) is 0. The van der Waals surface area contributed by atoms with Crippen molar-refractivity contribution >= 4 is 0 Å². The average Bonchev–Trinajstić information content (AvgIpc) is 2.66. The summed E-state index contributed by atoms with van der Waals surface area (Å²) in [6.07, 6.45) is 0. The van der Waals surface area contributed by atoms with Crippen molar-refractivity contribution in [2.45, 2.75) is 58.9 Å². The molecule has 0 saturated heterocycles. The van der Waals surface area contributed by atoms with Crippen LogP contribution >= 0.6 is 0 Å². The monoisotopic (exact) mass is 371 g/mol. The molecular weight excluding hydrogens is 338 g/mol. The molecule has 3 aromatic carbocycles. The van der Waals surface area contributed by atoms with Crippen molar-refractivity contribution < 1.29 is 0 Å². The summed E-state index contributed by atoms with van der Waals surface area (Å²) in [6, 6.07) is 24.1. The second-order valence-electron chi connectivity index (χ2n) is 9.71. The van der Waals surface area contributed by atoms with Crippen molar-refractivity contribution in [3.8, 4) is 22.3 Å². The number of benzene rings is 3. The van der Waals surface area contributed by atoms with Gasteiger partial charge >= 0.3 is 0 Å². The first-order chi connectivity index (χ1) is 13.1. The molecule has 2 N–H and O–H groups in total. The zero-order chi connectivity index (χ0) is 20.5. The Labute approximate surface area is 170 Å². The predicted octanol–water partition coefficient (Wildman–Crippen LogP) is 7.07. The van der Waals surface area contributed by atoms with E-state index in [1.165, 1.54) is 38.9 Å². The van der Waals surface area contributed by atoms with Crippen LogP contribution in [0.3, 0.4) is 0 Å². The number of nitrogens with two attached hydrogens (primary N) is 1. The maximum Gasteiger partial charge on any atom is 0.0181 e. The van der Waals surface area contributed by atoms with Gasteiger partial charge in [0, 0.05) is 6.54 Å². The lowest BCUT2D eigenvalue weighted by atomic mass is 9.75. The van der Waals surface area contributed by atoms with Gasteiger partial charge in [-0.15, -0.1) is 0 Å². The summed E-state index contributed by atoms with van der Waals surface area (Å²) < 4.78 is 0. The van der Waals surface area contributed by atoms with E-state index in [1.807, 2.05) is 0 Å². The van der Waals surface area contributed by atoms with Gasteiger partial charge in [-0.05, 0) is 61.9 Å². The quantitative estimate of drug-likeness (QED) is 0.523. The van der Waals surface area contributed by atoms with Gasteiger partial charge < -0.3 is 5.73 Å². The van der Waals surface area contributed by atoms with Crippen molar-refractivity contribution in [3.05, 3.63) is 83.4 Å². The number of hydrogen-bond donors (Lipinski definition) is 1. The van der Waals surface area contributed by atoms with E-state index in [-0.39, 0.29) is 10.8 Å². The molecule has 3 aromatic rings. The number of hydrogen-bond acceptors (Lipinski definition) is 1. The van der Waals surface area contributed by atoms with Crippen molar-refractivity contribution in [2.75, 3.05) is 0 Å². The summed E-state index contributed by atoms with van der Waals surface area (Å²) in [4.78, 5) is 0. The Morgan fingerprint density at radius 3 is 1.75 bits per heavy atom. The van der Waals surface area contributed by atoms with Gasteiger partial charge in [-0.25, -0.2) is 0 Å². The summed E-state index contributed by atoms with van der Waals surface area (Å²) in [5, 5.41) is 0. The second-order valence-corrected chi connectivity index (χ2v) is 9.71. The lowest BCUT2D eigenvalue weighted by molar-refractivity contribution is 0.564. The second kappa shape index (κ2) is 7.56. The maximum atomic E-state index is 6.17. The topological polar surface area (TPSA) is 26.0 Å². The van der Waals surface area contributed by atoms with E-state index >= 15 is 0 Å². The third-order valence-corrected chi connectivity index (χ3v) is 5.36. The Bertz CT molecular complexity index is 954. The number of rotatable bonds is 3. The van der Waals surface area contributed by atoms with Crippen LogP contribution in [0.4, 0.5) is 0 Å². The molecule has 0 radical (unpaired) electrons. The Hall–Kier alpha value is -2.38. The molecule has 3 rings (SSSR count). The van der Waals surface area contributed by atoms with Gasteiger partial charge in [0.1, 0.15) is 0 Å². The minimum absolute atomic E-state index is 0.0468. The fourth-order valence-electron chi connectivity index (χ4n) is 3.87. The molecule has 1 heteroatoms. The third-order valence-electron chi connectivity index (χ3n) is 5.36. The molecule has 0 saturated carbocycles. The van der Waals surface area contributed by atoms with Crippen LogP contribution in [-0.4, -0.2) is 0 Å². The maximum absolute atomic E-state index is 6.17. The highest BCUT2D eigenvalue weighted by Crippen LogP contribution is 2.39. The molecule has 0 aliphatic carbocycles. The van der Waals surface area contributed by atoms with E-state index in [0.717, 1.165) is 0 Å². The SMILES string of the molecule is CC(C)(C)c1cc(C(C)(C)C)c(-c2cccc(-c3ccccc3)c2)cc1CN. The van der Waals surface area contributed by atoms with Gasteiger partial charge in [-0.2, -0.15) is 0 Å². The molecule has 0 aliphatic rings. The van der Waals surface area contributed by atoms with E-state index in [4.69, 9.17) is 5.73 Å². The molecule has 0 bridgehead atoms. The highest BCUT2D eigenvalue weighted by atomic mass is 14.5. The van der Waals surface area contributed by atoms with Crippen LogP contribution in [0.15, 0.2) is 66.7 Å². The van der Waals surface area contributed by atoms with Gasteiger partial charge in [0.05, 0.1) is 0 Å². The van der Waals surface area contributed by atoms with Gasteiger partial charge in [0.25, 0.3) is 0 Å². The average molecular weight is 372 g/mol. The molecule has 0 amide bonds. The van der Waals surface area contributed by atoms with Gasteiger partial charge in [-0.1, -0.05) is 96.1 Å². The molecule has 0 fully saturated rings. The van der Waals surface area contributed by atoms with Crippen LogP contribution in [0.5, 0.6) is 0 Å². The fraction of sp³-hybridized carbons (Fsp3) is 0.333. The lowest BCUT2D eigenvalue weighted by Crippen LogP contribution is -2.20. The summed E-state index contributed by atoms with van der Waals surface area (Å²) in [6.45, 7) is 14.2. The molecule has 1 nitrogen and oxygen atoms in total. The van der Waals surface area contributed by atoms with Gasteiger partial charge in [-0.3, -0.25) is 0 Å². The zero-order valence-electron chi connectivity index (χ0n) is 18.1. The molecule has 0 spiro atoms. The van der Waals surface area contributed by atoms with Crippen LogP contribution in [0.25, 0.3) is 22.3 Å². The van der Waals surface area contributed by atoms with E-state index in [1.54, 1.807) is 0 Å². The van der Waals surface area contributed by atoms with Crippen LogP contribution in [0.2, 0.25) is 0 Å². The Morgan fingerprint density at radius 2 is 1.18 bits per heavy atom. The summed E-state index contributed by atoms with van der Waals surface area (Å²) in [7, 11) is 0. The molecular formula is C27H33N. The van der Waals surface area contributed by atoms with Crippen molar-refractivity contribution in [1.82, 2.24) is 0 Å². The Morgan fingerprint density at radius 1 is 0.607 bits per heavy atom. The minimum atomic E-state index is 0.0468. The molecule has 0 unspecified atom stereocenters. The van der Waals surface area contributed by atoms with Crippen LogP contribution < -0.4 is 5.73 Å². The van der Waals surface area contributed by atoms with Crippen LogP contribution in [0, 0.1) is 0 Å². The lowest BCUT2D eigenvalue weighted by Gasteiger charge is -2.30. The van der Waals surface area contributed by atoms with Crippen molar-refractivity contribution in [2.24, 2.45) is 5.73 Å². The summed E-state index contributed by atoms with van der Waals surface area (Å²) in [5.41, 5.74) is 15.3.